The number of fused-ring (bicyclic) bond motifs is 1. The Bertz CT molecular complexity index is 887. The highest BCUT2D eigenvalue weighted by atomic mass is 16.5. The molecule has 0 bridgehead atoms. The Hall–Kier alpha value is -2.88. The minimum absolute atomic E-state index is 0.0253. The fraction of sp³-hybridized carbons (Fsp3) is 0.158. The van der Waals surface area contributed by atoms with Crippen LogP contribution in [0.4, 0.5) is 0 Å². The molecule has 0 aliphatic heterocycles. The Kier molecular flexibility index (Phi) is 3.98. The highest BCUT2D eigenvalue weighted by molar-refractivity contribution is 6.08. The average molecular weight is 306 g/mol. The molecule has 3 aromatic rings. The summed E-state index contributed by atoms with van der Waals surface area (Å²) in [6, 6.07) is 11.5. The van der Waals surface area contributed by atoms with Crippen LogP contribution in [-0.2, 0) is 0 Å². The quantitative estimate of drug-likeness (QED) is 0.583. The summed E-state index contributed by atoms with van der Waals surface area (Å²) in [5.41, 5.74) is 3.47. The van der Waals surface area contributed by atoms with Crippen molar-refractivity contribution >= 4 is 22.6 Å². The number of carbonyl (C=O) groups is 1. The topological polar surface area (TPSA) is 55.0 Å². The van der Waals surface area contributed by atoms with Crippen molar-refractivity contribution in [1.29, 1.82) is 0 Å². The molecule has 23 heavy (non-hydrogen) atoms. The van der Waals surface area contributed by atoms with Crippen LogP contribution in [0.25, 0.3) is 16.8 Å². The van der Waals surface area contributed by atoms with E-state index in [-0.39, 0.29) is 5.78 Å². The van der Waals surface area contributed by atoms with Crippen LogP contribution in [0.3, 0.4) is 0 Å². The number of aryl methyl sites for hydroxylation is 2. The van der Waals surface area contributed by atoms with E-state index in [4.69, 9.17) is 4.74 Å². The zero-order valence-corrected chi connectivity index (χ0v) is 13.4. The summed E-state index contributed by atoms with van der Waals surface area (Å²) in [6.45, 7) is 3.85. The number of benzene rings is 2. The number of hydrogen-bond acceptors (Lipinski definition) is 3. The predicted octanol–water partition coefficient (Wildman–Crippen LogP) is 4.08. The number of nitrogens with one attached hydrogen (secondary N) is 1. The van der Waals surface area contributed by atoms with Gasteiger partial charge in [-0.15, -0.1) is 0 Å². The van der Waals surface area contributed by atoms with E-state index in [9.17, 15) is 4.79 Å². The van der Waals surface area contributed by atoms with Crippen LogP contribution in [0.1, 0.15) is 27.3 Å². The normalized spacial score (nSPS) is 11.3. The van der Waals surface area contributed by atoms with Crippen molar-refractivity contribution in [3.63, 3.8) is 0 Å². The summed E-state index contributed by atoms with van der Waals surface area (Å²) in [4.78, 5) is 12.4. The lowest BCUT2D eigenvalue weighted by atomic mass is 10.0. The molecule has 0 spiro atoms. The number of H-pyrrole nitrogens is 1. The Morgan fingerprint density at radius 2 is 1.87 bits per heavy atom. The lowest BCUT2D eigenvalue weighted by molar-refractivity contribution is 0.104. The molecule has 0 atom stereocenters. The van der Waals surface area contributed by atoms with Crippen LogP contribution in [0.15, 0.2) is 42.5 Å². The zero-order valence-electron chi connectivity index (χ0n) is 13.4. The van der Waals surface area contributed by atoms with Crippen LogP contribution >= 0.6 is 0 Å². The van der Waals surface area contributed by atoms with Crippen molar-refractivity contribution in [2.75, 3.05) is 7.11 Å². The second-order valence-corrected chi connectivity index (χ2v) is 5.47. The van der Waals surface area contributed by atoms with Crippen LogP contribution in [0.2, 0.25) is 0 Å². The minimum atomic E-state index is -0.0253. The number of allylic oxidation sites excluding steroid dienone is 1. The predicted molar refractivity (Wildman–Crippen MR) is 91.9 cm³/mol. The Morgan fingerprint density at radius 3 is 2.57 bits per heavy atom. The number of nitrogens with zero attached hydrogens (tertiary/aromatic N) is 1. The van der Waals surface area contributed by atoms with Gasteiger partial charge in [0.25, 0.3) is 0 Å². The van der Waals surface area contributed by atoms with Gasteiger partial charge in [0.05, 0.1) is 12.8 Å². The van der Waals surface area contributed by atoms with E-state index in [1.807, 2.05) is 56.3 Å². The second-order valence-electron chi connectivity index (χ2n) is 5.47. The summed E-state index contributed by atoms with van der Waals surface area (Å²) in [5.74, 6) is 0.782. The first-order valence-corrected chi connectivity index (χ1v) is 7.40. The van der Waals surface area contributed by atoms with Gasteiger partial charge in [0.1, 0.15) is 5.75 Å². The first kappa shape index (κ1) is 15.0. The number of rotatable bonds is 4. The molecular formula is C19H18N2O2. The maximum Gasteiger partial charge on any atom is 0.185 e. The summed E-state index contributed by atoms with van der Waals surface area (Å²) < 4.78 is 5.22. The zero-order chi connectivity index (χ0) is 16.4. The van der Waals surface area contributed by atoms with Gasteiger partial charge in [-0.3, -0.25) is 9.89 Å². The van der Waals surface area contributed by atoms with E-state index in [1.54, 1.807) is 13.2 Å². The third kappa shape index (κ3) is 3.01. The molecule has 1 heterocycles. The van der Waals surface area contributed by atoms with E-state index >= 15 is 0 Å². The summed E-state index contributed by atoms with van der Waals surface area (Å²) in [7, 11) is 1.64. The molecule has 0 aliphatic rings. The van der Waals surface area contributed by atoms with E-state index < -0.39 is 0 Å². The molecule has 2 aromatic carbocycles. The monoisotopic (exact) mass is 306 g/mol. The largest absolute Gasteiger partial charge is 0.497 e. The maximum atomic E-state index is 12.4. The number of methoxy groups -OCH3 is 1. The third-order valence-corrected chi connectivity index (χ3v) is 3.92. The van der Waals surface area contributed by atoms with Crippen molar-refractivity contribution in [1.82, 2.24) is 10.2 Å². The second kappa shape index (κ2) is 6.08. The molecule has 4 nitrogen and oxygen atoms in total. The molecule has 0 saturated carbocycles. The highest BCUT2D eigenvalue weighted by Crippen LogP contribution is 2.22. The van der Waals surface area contributed by atoms with Gasteiger partial charge >= 0.3 is 0 Å². The van der Waals surface area contributed by atoms with E-state index in [1.165, 1.54) is 0 Å². The molecule has 0 fully saturated rings. The van der Waals surface area contributed by atoms with E-state index in [2.05, 4.69) is 10.2 Å². The van der Waals surface area contributed by atoms with Crippen molar-refractivity contribution < 1.29 is 9.53 Å². The number of hydrogen-bond donors (Lipinski definition) is 1. The SMILES string of the molecule is COc1ccc2cc(C(=O)C=Cc3c(C)n[nH]c3C)ccc2c1. The van der Waals surface area contributed by atoms with Crippen molar-refractivity contribution in [3.8, 4) is 5.75 Å². The first-order valence-electron chi connectivity index (χ1n) is 7.40. The maximum absolute atomic E-state index is 12.4. The van der Waals surface area contributed by atoms with Crippen LogP contribution < -0.4 is 4.74 Å². The number of carbonyl (C=O) groups excluding carboxylic acids is 1. The Labute approximate surface area is 134 Å². The fourth-order valence-corrected chi connectivity index (χ4v) is 2.56. The van der Waals surface area contributed by atoms with Crippen molar-refractivity contribution in [2.24, 2.45) is 0 Å². The number of aromatic amines is 1. The molecule has 0 aliphatic carbocycles. The van der Waals surface area contributed by atoms with Gasteiger partial charge in [-0.25, -0.2) is 0 Å². The summed E-state index contributed by atoms with van der Waals surface area (Å²) in [6.07, 6.45) is 3.41. The van der Waals surface area contributed by atoms with Gasteiger partial charge in [0.15, 0.2) is 5.78 Å². The molecule has 0 amide bonds. The molecule has 116 valence electrons. The lowest BCUT2D eigenvalue weighted by Gasteiger charge is -2.04. The number of ether oxygens (including phenoxy) is 1. The fourth-order valence-electron chi connectivity index (χ4n) is 2.56. The van der Waals surface area contributed by atoms with E-state index in [0.717, 1.165) is 33.5 Å². The molecule has 3 rings (SSSR count). The molecule has 0 unspecified atom stereocenters. The smallest absolute Gasteiger partial charge is 0.185 e. The van der Waals surface area contributed by atoms with Gasteiger partial charge in [0, 0.05) is 16.8 Å². The van der Waals surface area contributed by atoms with Gasteiger partial charge in [-0.1, -0.05) is 18.2 Å². The van der Waals surface area contributed by atoms with Gasteiger partial charge in [-0.05, 0) is 55.0 Å². The summed E-state index contributed by atoms with van der Waals surface area (Å²) in [5, 5.41) is 9.10. The van der Waals surface area contributed by atoms with Gasteiger partial charge in [0.2, 0.25) is 0 Å². The van der Waals surface area contributed by atoms with E-state index in [0.29, 0.717) is 5.56 Å². The van der Waals surface area contributed by atoms with Gasteiger partial charge < -0.3 is 4.74 Å². The lowest BCUT2D eigenvalue weighted by Crippen LogP contribution is -1.94. The van der Waals surface area contributed by atoms with Gasteiger partial charge in [-0.2, -0.15) is 5.10 Å². The third-order valence-electron chi connectivity index (χ3n) is 3.92. The Morgan fingerprint density at radius 1 is 1.13 bits per heavy atom. The highest BCUT2D eigenvalue weighted by Gasteiger charge is 2.06. The van der Waals surface area contributed by atoms with Crippen LogP contribution in [0, 0.1) is 13.8 Å². The number of ketones is 1. The van der Waals surface area contributed by atoms with Crippen LogP contribution in [0.5, 0.6) is 5.75 Å². The van der Waals surface area contributed by atoms with Crippen LogP contribution in [-0.4, -0.2) is 23.1 Å². The number of aromatic nitrogens is 2. The molecule has 1 aromatic heterocycles. The molecule has 1 N–H and O–H groups in total. The van der Waals surface area contributed by atoms with Crippen molar-refractivity contribution in [3.05, 3.63) is 65.0 Å². The average Bonchev–Trinajstić information content (AvgIpc) is 2.90. The van der Waals surface area contributed by atoms with Crippen molar-refractivity contribution in [2.45, 2.75) is 13.8 Å². The first-order chi connectivity index (χ1) is 11.1. The molecule has 0 radical (unpaired) electrons. The minimum Gasteiger partial charge on any atom is -0.497 e. The summed E-state index contributed by atoms with van der Waals surface area (Å²) >= 11 is 0. The molecule has 4 heteroatoms. The molecule has 0 saturated heterocycles. The standard InChI is InChI=1S/C19H18N2O2/c1-12-18(13(2)21-20-12)8-9-19(22)16-5-4-15-11-17(23-3)7-6-14(15)10-16/h4-11H,1-3H3,(H,20,21). The Balaban J connectivity index is 1.89. The molecular weight excluding hydrogens is 288 g/mol.